The van der Waals surface area contributed by atoms with Crippen molar-refractivity contribution in [2.45, 2.75) is 19.9 Å². The molecule has 0 aliphatic carbocycles. The molecule has 4 heteroatoms. The number of ketones is 1. The molecule has 1 fully saturated rings. The largest absolute Gasteiger partial charge is 0.378 e. The van der Waals surface area contributed by atoms with Crippen molar-refractivity contribution in [3.05, 3.63) is 59.7 Å². The van der Waals surface area contributed by atoms with E-state index in [4.69, 9.17) is 0 Å². The van der Waals surface area contributed by atoms with E-state index in [1.54, 1.807) is 0 Å². The molecule has 0 bridgehead atoms. The minimum atomic E-state index is 0.0754. The molecule has 3 rings (SSSR count). The number of hydrogen-bond acceptors (Lipinski definition) is 4. The highest BCUT2D eigenvalue weighted by Crippen LogP contribution is 2.20. The van der Waals surface area contributed by atoms with Gasteiger partial charge in [0, 0.05) is 68.8 Å². The van der Waals surface area contributed by atoms with Crippen LogP contribution in [0.4, 0.5) is 11.4 Å². The molecule has 2 aromatic carbocycles. The number of hydrogen-bond donors (Lipinski definition) is 0. The highest BCUT2D eigenvalue weighted by molar-refractivity contribution is 6.09. The fourth-order valence-corrected chi connectivity index (χ4v) is 3.40. The molecule has 2 aromatic rings. The summed E-state index contributed by atoms with van der Waals surface area (Å²) in [6.07, 6.45) is 0. The van der Waals surface area contributed by atoms with Crippen LogP contribution in [-0.2, 0) is 0 Å². The van der Waals surface area contributed by atoms with Crippen molar-refractivity contribution in [3.8, 4) is 0 Å². The number of anilines is 2. The molecular formula is C22H29N3O. The summed E-state index contributed by atoms with van der Waals surface area (Å²) in [5.74, 6) is 0.0754. The molecule has 138 valence electrons. The van der Waals surface area contributed by atoms with Gasteiger partial charge >= 0.3 is 0 Å². The maximum absolute atomic E-state index is 12.7. The van der Waals surface area contributed by atoms with Crippen molar-refractivity contribution in [3.63, 3.8) is 0 Å². The summed E-state index contributed by atoms with van der Waals surface area (Å²) in [4.78, 5) is 19.6. The van der Waals surface area contributed by atoms with Crippen LogP contribution in [0.15, 0.2) is 48.5 Å². The lowest BCUT2D eigenvalue weighted by molar-refractivity contribution is 0.103. The number of benzene rings is 2. The van der Waals surface area contributed by atoms with Crippen molar-refractivity contribution in [2.75, 3.05) is 50.1 Å². The first-order valence-electron chi connectivity index (χ1n) is 9.37. The monoisotopic (exact) mass is 351 g/mol. The predicted molar refractivity (Wildman–Crippen MR) is 110 cm³/mol. The Hall–Kier alpha value is -2.33. The van der Waals surface area contributed by atoms with Gasteiger partial charge in [0.15, 0.2) is 5.78 Å². The van der Waals surface area contributed by atoms with Gasteiger partial charge < -0.3 is 9.80 Å². The number of piperazine rings is 1. The van der Waals surface area contributed by atoms with Crippen LogP contribution in [0.25, 0.3) is 0 Å². The molecule has 1 saturated heterocycles. The van der Waals surface area contributed by atoms with Gasteiger partial charge in [0.2, 0.25) is 0 Å². The molecule has 26 heavy (non-hydrogen) atoms. The molecule has 1 aliphatic heterocycles. The zero-order valence-corrected chi connectivity index (χ0v) is 16.3. The van der Waals surface area contributed by atoms with Crippen LogP contribution in [0.3, 0.4) is 0 Å². The first-order chi connectivity index (χ1) is 12.5. The van der Waals surface area contributed by atoms with E-state index in [1.165, 1.54) is 5.69 Å². The molecule has 0 unspecified atom stereocenters. The van der Waals surface area contributed by atoms with E-state index < -0.39 is 0 Å². The first kappa shape index (κ1) is 18.5. The predicted octanol–water partition coefficient (Wildman–Crippen LogP) is 3.51. The topological polar surface area (TPSA) is 26.8 Å². The van der Waals surface area contributed by atoms with E-state index in [9.17, 15) is 4.79 Å². The number of rotatable bonds is 5. The van der Waals surface area contributed by atoms with Crippen LogP contribution in [0.5, 0.6) is 0 Å². The molecule has 0 spiro atoms. The lowest BCUT2D eigenvalue weighted by atomic mass is 10.0. The normalized spacial score (nSPS) is 15.3. The molecule has 0 saturated carbocycles. The third kappa shape index (κ3) is 4.07. The fourth-order valence-electron chi connectivity index (χ4n) is 3.40. The standard InChI is InChI=1S/C22H29N3O/c1-17(2)24-13-15-25(16-14-24)21-11-7-19(8-12-21)22(26)18-5-9-20(10-6-18)23(3)4/h5-12,17H,13-16H2,1-4H3. The van der Waals surface area contributed by atoms with Gasteiger partial charge in [0.05, 0.1) is 0 Å². The summed E-state index contributed by atoms with van der Waals surface area (Å²) >= 11 is 0. The second kappa shape index (κ2) is 7.92. The van der Waals surface area contributed by atoms with Crippen LogP contribution in [0, 0.1) is 0 Å². The second-order valence-corrected chi connectivity index (χ2v) is 7.43. The Kier molecular flexibility index (Phi) is 5.62. The zero-order chi connectivity index (χ0) is 18.7. The molecule has 0 aromatic heterocycles. The Bertz CT molecular complexity index is 727. The first-order valence-corrected chi connectivity index (χ1v) is 9.37. The minimum absolute atomic E-state index is 0.0754. The fraction of sp³-hybridized carbons (Fsp3) is 0.409. The van der Waals surface area contributed by atoms with Crippen molar-refractivity contribution in [2.24, 2.45) is 0 Å². The van der Waals surface area contributed by atoms with Gasteiger partial charge in [-0.25, -0.2) is 0 Å². The van der Waals surface area contributed by atoms with E-state index in [2.05, 4.69) is 35.8 Å². The minimum Gasteiger partial charge on any atom is -0.378 e. The van der Waals surface area contributed by atoms with Crippen LogP contribution in [0.2, 0.25) is 0 Å². The van der Waals surface area contributed by atoms with E-state index >= 15 is 0 Å². The third-order valence-corrected chi connectivity index (χ3v) is 5.19. The molecule has 1 aliphatic rings. The smallest absolute Gasteiger partial charge is 0.193 e. The molecule has 0 amide bonds. The quantitative estimate of drug-likeness (QED) is 0.770. The molecular weight excluding hydrogens is 322 g/mol. The van der Waals surface area contributed by atoms with Crippen LogP contribution >= 0.6 is 0 Å². The Morgan fingerprint density at radius 2 is 1.35 bits per heavy atom. The average molecular weight is 351 g/mol. The molecule has 4 nitrogen and oxygen atoms in total. The maximum atomic E-state index is 12.7. The summed E-state index contributed by atoms with van der Waals surface area (Å²) in [7, 11) is 3.99. The summed E-state index contributed by atoms with van der Waals surface area (Å²) in [6.45, 7) is 8.77. The van der Waals surface area contributed by atoms with Gasteiger partial charge in [0.1, 0.15) is 0 Å². The van der Waals surface area contributed by atoms with Crippen molar-refractivity contribution < 1.29 is 4.79 Å². The van der Waals surface area contributed by atoms with Gasteiger partial charge in [-0.3, -0.25) is 9.69 Å². The van der Waals surface area contributed by atoms with Crippen molar-refractivity contribution >= 4 is 17.2 Å². The van der Waals surface area contributed by atoms with E-state index in [1.807, 2.05) is 55.4 Å². The lowest BCUT2D eigenvalue weighted by Gasteiger charge is -2.38. The molecule has 0 N–H and O–H groups in total. The Labute approximate surface area is 157 Å². The van der Waals surface area contributed by atoms with Crippen LogP contribution in [0.1, 0.15) is 29.8 Å². The third-order valence-electron chi connectivity index (χ3n) is 5.19. The van der Waals surface area contributed by atoms with Gasteiger partial charge in [-0.1, -0.05) is 0 Å². The number of carbonyl (C=O) groups excluding carboxylic acids is 1. The molecule has 0 radical (unpaired) electrons. The van der Waals surface area contributed by atoms with Gasteiger partial charge in [-0.05, 0) is 62.4 Å². The Balaban J connectivity index is 1.66. The van der Waals surface area contributed by atoms with Crippen LogP contribution < -0.4 is 9.80 Å². The maximum Gasteiger partial charge on any atom is 0.193 e. The lowest BCUT2D eigenvalue weighted by Crippen LogP contribution is -2.48. The van der Waals surface area contributed by atoms with Gasteiger partial charge in [0.25, 0.3) is 0 Å². The summed E-state index contributed by atoms with van der Waals surface area (Å²) in [6, 6.07) is 16.4. The summed E-state index contributed by atoms with van der Waals surface area (Å²) in [5.41, 5.74) is 3.77. The summed E-state index contributed by atoms with van der Waals surface area (Å²) in [5, 5.41) is 0. The van der Waals surface area contributed by atoms with Crippen molar-refractivity contribution in [1.29, 1.82) is 0 Å². The van der Waals surface area contributed by atoms with Gasteiger partial charge in [-0.15, -0.1) is 0 Å². The molecule has 1 heterocycles. The average Bonchev–Trinajstić information content (AvgIpc) is 2.67. The van der Waals surface area contributed by atoms with Crippen molar-refractivity contribution in [1.82, 2.24) is 4.90 Å². The second-order valence-electron chi connectivity index (χ2n) is 7.43. The van der Waals surface area contributed by atoms with E-state index in [0.29, 0.717) is 6.04 Å². The highest BCUT2D eigenvalue weighted by Gasteiger charge is 2.19. The van der Waals surface area contributed by atoms with Crippen LogP contribution in [-0.4, -0.2) is 57.0 Å². The van der Waals surface area contributed by atoms with Gasteiger partial charge in [-0.2, -0.15) is 0 Å². The highest BCUT2D eigenvalue weighted by atomic mass is 16.1. The Morgan fingerprint density at radius 1 is 0.846 bits per heavy atom. The number of carbonyl (C=O) groups is 1. The molecule has 0 atom stereocenters. The Morgan fingerprint density at radius 3 is 1.81 bits per heavy atom. The zero-order valence-electron chi connectivity index (χ0n) is 16.3. The summed E-state index contributed by atoms with van der Waals surface area (Å²) < 4.78 is 0. The van der Waals surface area contributed by atoms with E-state index in [0.717, 1.165) is 43.0 Å². The SMILES string of the molecule is CC(C)N1CCN(c2ccc(C(=O)c3ccc(N(C)C)cc3)cc2)CC1. The van der Waals surface area contributed by atoms with E-state index in [-0.39, 0.29) is 5.78 Å². The number of nitrogens with zero attached hydrogens (tertiary/aromatic N) is 3.